The fourth-order valence-corrected chi connectivity index (χ4v) is 5.15. The zero-order valence-corrected chi connectivity index (χ0v) is 22.1. The van der Waals surface area contributed by atoms with Crippen molar-refractivity contribution in [3.8, 4) is 0 Å². The summed E-state index contributed by atoms with van der Waals surface area (Å²) in [5.74, 6) is -1.59. The molecule has 10 heteroatoms. The normalized spacial score (nSPS) is 14.5. The highest BCUT2D eigenvalue weighted by atomic mass is 79.9. The number of aromatic nitrogens is 1. The second kappa shape index (κ2) is 10.8. The Bertz CT molecular complexity index is 1610. The van der Waals surface area contributed by atoms with Gasteiger partial charge in [-0.2, -0.15) is 0 Å². The van der Waals surface area contributed by atoms with Gasteiger partial charge in [0.05, 0.1) is 11.4 Å². The van der Waals surface area contributed by atoms with Crippen LogP contribution in [0, 0.1) is 5.82 Å². The lowest BCUT2D eigenvalue weighted by molar-refractivity contribution is -0.122. The first-order chi connectivity index (χ1) is 18.3. The van der Waals surface area contributed by atoms with Gasteiger partial charge in [0, 0.05) is 38.4 Å². The van der Waals surface area contributed by atoms with Crippen molar-refractivity contribution in [2.75, 3.05) is 11.9 Å². The van der Waals surface area contributed by atoms with Crippen molar-refractivity contribution < 1.29 is 23.6 Å². The molecule has 1 saturated heterocycles. The molecule has 1 fully saturated rings. The van der Waals surface area contributed by atoms with E-state index in [-0.39, 0.29) is 29.7 Å². The largest absolute Gasteiger partial charge is 0.337 e. The fraction of sp³-hybridized carbons (Fsp3) is 0.0714. The quantitative estimate of drug-likeness (QED) is 0.207. The number of benzene rings is 3. The lowest BCUT2D eigenvalue weighted by atomic mass is 10.1. The van der Waals surface area contributed by atoms with Gasteiger partial charge in [-0.3, -0.25) is 24.1 Å². The smallest absolute Gasteiger partial charge is 0.293 e. The molecule has 0 atom stereocenters. The number of nitrogens with zero attached hydrogens (tertiary/aromatic N) is 2. The predicted molar refractivity (Wildman–Crippen MR) is 148 cm³/mol. The predicted octanol–water partition coefficient (Wildman–Crippen LogP) is 6.10. The van der Waals surface area contributed by atoms with Crippen LogP contribution in [-0.2, 0) is 16.1 Å². The average Bonchev–Trinajstić information content (AvgIpc) is 3.37. The fourth-order valence-electron chi connectivity index (χ4n) is 4.06. The highest BCUT2D eigenvalue weighted by Crippen LogP contribution is 2.34. The molecule has 4 aromatic rings. The van der Waals surface area contributed by atoms with Gasteiger partial charge in [0.25, 0.3) is 11.1 Å². The van der Waals surface area contributed by atoms with Crippen molar-refractivity contribution in [3.63, 3.8) is 0 Å². The Hall–Kier alpha value is -4.02. The third kappa shape index (κ3) is 5.46. The Balaban J connectivity index is 1.36. The van der Waals surface area contributed by atoms with E-state index in [4.69, 9.17) is 0 Å². The Morgan fingerprint density at radius 2 is 1.66 bits per heavy atom. The Labute approximate surface area is 229 Å². The van der Waals surface area contributed by atoms with E-state index in [2.05, 4.69) is 21.2 Å². The van der Waals surface area contributed by atoms with Crippen LogP contribution in [0.25, 0.3) is 17.0 Å². The lowest BCUT2D eigenvalue weighted by Crippen LogP contribution is -2.33. The molecule has 0 aliphatic carbocycles. The number of nitrogens with one attached hydrogen (secondary N) is 1. The number of anilines is 1. The molecule has 0 saturated carbocycles. The molecule has 2 heterocycles. The number of rotatable bonds is 7. The highest BCUT2D eigenvalue weighted by Gasteiger charge is 2.36. The first-order valence-corrected chi connectivity index (χ1v) is 13.1. The summed E-state index contributed by atoms with van der Waals surface area (Å²) in [5, 5.41) is 3.00. The molecule has 0 spiro atoms. The number of carbonyl (C=O) groups excluding carboxylic acids is 4. The van der Waals surface area contributed by atoms with Crippen LogP contribution in [0.15, 0.2) is 88.4 Å². The highest BCUT2D eigenvalue weighted by molar-refractivity contribution is 9.10. The van der Waals surface area contributed by atoms with Crippen LogP contribution >= 0.6 is 27.7 Å². The third-order valence-corrected chi connectivity index (χ3v) is 7.33. The van der Waals surface area contributed by atoms with Gasteiger partial charge in [0.1, 0.15) is 12.4 Å². The molecule has 0 bridgehead atoms. The lowest BCUT2D eigenvalue weighted by Gasteiger charge is -2.11. The second-order valence-corrected chi connectivity index (χ2v) is 10.4. The number of hydrogen-bond acceptors (Lipinski definition) is 5. The summed E-state index contributed by atoms with van der Waals surface area (Å²) in [5.41, 5.74) is 2.29. The van der Waals surface area contributed by atoms with Gasteiger partial charge in [-0.25, -0.2) is 4.39 Å². The summed E-state index contributed by atoms with van der Waals surface area (Å²) in [7, 11) is 0. The van der Waals surface area contributed by atoms with Gasteiger partial charge in [-0.05, 0) is 60.3 Å². The maximum Gasteiger partial charge on any atom is 0.293 e. The number of Topliss-reactive ketones (excluding diaryl/α,β-unsaturated/α-hetero) is 1. The Morgan fingerprint density at radius 3 is 2.39 bits per heavy atom. The summed E-state index contributed by atoms with van der Waals surface area (Å²) >= 11 is 4.08. The van der Waals surface area contributed by atoms with E-state index in [0.29, 0.717) is 16.8 Å². The van der Waals surface area contributed by atoms with Gasteiger partial charge < -0.3 is 9.88 Å². The molecule has 3 amide bonds. The molecular weight excluding hydrogens is 573 g/mol. The number of para-hydroxylation sites is 1. The van der Waals surface area contributed by atoms with Crippen molar-refractivity contribution in [2.45, 2.75) is 6.54 Å². The van der Waals surface area contributed by atoms with Crippen molar-refractivity contribution >= 4 is 73.2 Å². The van der Waals surface area contributed by atoms with E-state index in [9.17, 15) is 23.6 Å². The van der Waals surface area contributed by atoms with Crippen molar-refractivity contribution in [3.05, 3.63) is 105 Å². The van der Waals surface area contributed by atoms with Crippen molar-refractivity contribution in [1.29, 1.82) is 0 Å². The molecular formula is C28H19BrFN3O4S. The SMILES string of the molecule is O=C(Cn1cc(/C=C2\SC(=O)N(CC(=O)c3ccc(Br)cc3)C2=O)c2ccccc21)Nc1ccc(F)cc1. The minimum absolute atomic E-state index is 0.0189. The summed E-state index contributed by atoms with van der Waals surface area (Å²) in [6.45, 7) is -0.371. The number of hydrogen-bond donors (Lipinski definition) is 1. The van der Waals surface area contributed by atoms with Crippen LogP contribution in [0.3, 0.4) is 0 Å². The number of fused-ring (bicyclic) bond motifs is 1. The number of carbonyl (C=O) groups is 4. The topological polar surface area (TPSA) is 88.5 Å². The number of ketones is 1. The van der Waals surface area contributed by atoms with Gasteiger partial charge in [0.15, 0.2) is 5.78 Å². The standard InChI is InChI=1S/C28H19BrFN3O4S/c29-19-7-5-17(6-8-19)24(34)15-33-27(36)25(38-28(33)37)13-18-14-32(23-4-2-1-3-22(18)23)16-26(35)31-21-11-9-20(30)10-12-21/h1-14H,15-16H2,(H,31,35)/b25-13-. The third-order valence-electron chi connectivity index (χ3n) is 5.89. The van der Waals surface area contributed by atoms with Gasteiger partial charge in [-0.1, -0.05) is 46.3 Å². The average molecular weight is 592 g/mol. The molecule has 7 nitrogen and oxygen atoms in total. The second-order valence-electron chi connectivity index (χ2n) is 8.48. The van der Waals surface area contributed by atoms with E-state index in [0.717, 1.165) is 32.0 Å². The van der Waals surface area contributed by atoms with Gasteiger partial charge >= 0.3 is 0 Å². The summed E-state index contributed by atoms with van der Waals surface area (Å²) in [4.78, 5) is 52.1. The molecule has 0 unspecified atom stereocenters. The van der Waals surface area contributed by atoms with Crippen LogP contribution in [0.4, 0.5) is 14.9 Å². The Morgan fingerprint density at radius 1 is 0.947 bits per heavy atom. The van der Waals surface area contributed by atoms with Gasteiger partial charge in [0.2, 0.25) is 5.91 Å². The van der Waals surface area contributed by atoms with E-state index < -0.39 is 17.0 Å². The van der Waals surface area contributed by atoms with E-state index in [1.54, 1.807) is 41.1 Å². The van der Waals surface area contributed by atoms with Gasteiger partial charge in [-0.15, -0.1) is 0 Å². The maximum atomic E-state index is 13.2. The van der Waals surface area contributed by atoms with Crippen LogP contribution in [0.5, 0.6) is 0 Å². The number of halogens is 2. The summed E-state index contributed by atoms with van der Waals surface area (Å²) < 4.78 is 15.7. The van der Waals surface area contributed by atoms with Crippen molar-refractivity contribution in [2.24, 2.45) is 0 Å². The first-order valence-electron chi connectivity index (χ1n) is 11.5. The summed E-state index contributed by atoms with van der Waals surface area (Å²) in [6.07, 6.45) is 3.33. The van der Waals surface area contributed by atoms with Crippen LogP contribution in [0.1, 0.15) is 15.9 Å². The molecule has 0 radical (unpaired) electrons. The number of thioether (sulfide) groups is 1. The molecule has 1 N–H and O–H groups in total. The molecule has 1 aliphatic heterocycles. The zero-order chi connectivity index (χ0) is 26.8. The molecule has 3 aromatic carbocycles. The molecule has 5 rings (SSSR count). The van der Waals surface area contributed by atoms with E-state index in [1.165, 1.54) is 24.3 Å². The summed E-state index contributed by atoms with van der Waals surface area (Å²) in [6, 6.07) is 19.5. The van der Waals surface area contributed by atoms with Crippen LogP contribution in [0.2, 0.25) is 0 Å². The molecule has 1 aromatic heterocycles. The van der Waals surface area contributed by atoms with Crippen LogP contribution in [-0.4, -0.2) is 38.8 Å². The number of amides is 3. The number of imide groups is 1. The minimum atomic E-state index is -0.545. The zero-order valence-electron chi connectivity index (χ0n) is 19.7. The van der Waals surface area contributed by atoms with E-state index in [1.807, 2.05) is 24.3 Å². The Kier molecular flexibility index (Phi) is 7.26. The molecule has 190 valence electrons. The van der Waals surface area contributed by atoms with Crippen LogP contribution < -0.4 is 5.32 Å². The van der Waals surface area contributed by atoms with E-state index >= 15 is 0 Å². The monoisotopic (exact) mass is 591 g/mol. The first kappa shape index (κ1) is 25.6. The molecule has 1 aliphatic rings. The molecule has 38 heavy (non-hydrogen) atoms. The van der Waals surface area contributed by atoms with Crippen molar-refractivity contribution in [1.82, 2.24) is 9.47 Å². The minimum Gasteiger partial charge on any atom is -0.337 e. The maximum absolute atomic E-state index is 13.2.